The van der Waals surface area contributed by atoms with Gasteiger partial charge in [-0.15, -0.1) is 0 Å². The molecule has 0 heterocycles. The van der Waals surface area contributed by atoms with Crippen molar-refractivity contribution in [3.63, 3.8) is 0 Å². The number of carbonyl (C=O) groups excluding carboxylic acids is 2. The molecule has 1 N–H and O–H groups in total. The summed E-state index contributed by atoms with van der Waals surface area (Å²) in [7, 11) is 0. The van der Waals surface area contributed by atoms with Crippen LogP contribution in [0.1, 0.15) is 22.8 Å². The SMILES string of the molecule is CCOC(=O)[C@H](Cc1ccccc1)NC(=O)c1ccc(Cl)cc1. The van der Waals surface area contributed by atoms with E-state index in [1.54, 1.807) is 31.2 Å². The number of nitrogens with one attached hydrogen (secondary N) is 1. The Morgan fingerprint density at radius 3 is 2.35 bits per heavy atom. The van der Waals surface area contributed by atoms with Crippen LogP contribution in [0.25, 0.3) is 0 Å². The number of ether oxygens (including phenoxy) is 1. The highest BCUT2D eigenvalue weighted by molar-refractivity contribution is 6.30. The van der Waals surface area contributed by atoms with E-state index < -0.39 is 12.0 Å². The first-order valence-electron chi connectivity index (χ1n) is 7.37. The molecule has 4 nitrogen and oxygen atoms in total. The second-order valence-corrected chi connectivity index (χ2v) is 5.41. The van der Waals surface area contributed by atoms with Crippen LogP contribution >= 0.6 is 11.6 Å². The van der Waals surface area contributed by atoms with E-state index in [4.69, 9.17) is 16.3 Å². The second-order valence-electron chi connectivity index (χ2n) is 4.97. The summed E-state index contributed by atoms with van der Waals surface area (Å²) in [5, 5.41) is 3.28. The van der Waals surface area contributed by atoms with E-state index in [9.17, 15) is 9.59 Å². The van der Waals surface area contributed by atoms with Crippen LogP contribution in [0.2, 0.25) is 5.02 Å². The van der Waals surface area contributed by atoms with Gasteiger partial charge in [-0.2, -0.15) is 0 Å². The van der Waals surface area contributed by atoms with Crippen LogP contribution in [0.5, 0.6) is 0 Å². The highest BCUT2D eigenvalue weighted by Gasteiger charge is 2.23. The summed E-state index contributed by atoms with van der Waals surface area (Å²) in [6, 6.07) is 15.2. The molecule has 0 spiro atoms. The molecule has 2 rings (SSSR count). The molecule has 0 aromatic heterocycles. The first-order chi connectivity index (χ1) is 11.1. The van der Waals surface area contributed by atoms with Crippen LogP contribution in [0.15, 0.2) is 54.6 Å². The Balaban J connectivity index is 2.11. The van der Waals surface area contributed by atoms with Gasteiger partial charge < -0.3 is 10.1 Å². The van der Waals surface area contributed by atoms with Gasteiger partial charge in [0.1, 0.15) is 6.04 Å². The molecule has 0 radical (unpaired) electrons. The summed E-state index contributed by atoms with van der Waals surface area (Å²) in [5.74, 6) is -0.783. The lowest BCUT2D eigenvalue weighted by Crippen LogP contribution is -2.43. The highest BCUT2D eigenvalue weighted by atomic mass is 35.5. The molecular formula is C18H18ClNO3. The predicted octanol–water partition coefficient (Wildman–Crippen LogP) is 3.24. The van der Waals surface area contributed by atoms with Crippen LogP contribution < -0.4 is 5.32 Å². The number of hydrogen-bond donors (Lipinski definition) is 1. The van der Waals surface area contributed by atoms with E-state index in [0.29, 0.717) is 17.0 Å². The van der Waals surface area contributed by atoms with E-state index in [1.807, 2.05) is 30.3 Å². The van der Waals surface area contributed by atoms with Gasteiger partial charge in [-0.1, -0.05) is 41.9 Å². The highest BCUT2D eigenvalue weighted by Crippen LogP contribution is 2.11. The van der Waals surface area contributed by atoms with E-state index >= 15 is 0 Å². The van der Waals surface area contributed by atoms with Gasteiger partial charge >= 0.3 is 5.97 Å². The number of benzene rings is 2. The fraction of sp³-hybridized carbons (Fsp3) is 0.222. The molecule has 5 heteroatoms. The summed E-state index contributed by atoms with van der Waals surface area (Å²) in [5.41, 5.74) is 1.39. The standard InChI is InChI=1S/C18H18ClNO3/c1-2-23-18(22)16(12-13-6-4-3-5-7-13)20-17(21)14-8-10-15(19)11-9-14/h3-11,16H,2,12H2,1H3,(H,20,21)/t16-/m0/s1. The molecule has 2 aromatic carbocycles. The molecule has 0 aliphatic carbocycles. The molecule has 0 saturated carbocycles. The molecule has 0 aliphatic rings. The molecule has 0 aliphatic heterocycles. The molecule has 0 saturated heterocycles. The lowest BCUT2D eigenvalue weighted by atomic mass is 10.1. The summed E-state index contributed by atoms with van der Waals surface area (Å²) in [6.07, 6.45) is 0.374. The number of rotatable bonds is 6. The lowest BCUT2D eigenvalue weighted by molar-refractivity contribution is -0.145. The largest absolute Gasteiger partial charge is 0.464 e. The molecule has 2 aromatic rings. The van der Waals surface area contributed by atoms with Gasteiger partial charge in [-0.3, -0.25) is 4.79 Å². The average molecular weight is 332 g/mol. The molecule has 120 valence electrons. The number of carbonyl (C=O) groups is 2. The van der Waals surface area contributed by atoms with E-state index in [-0.39, 0.29) is 12.5 Å². The Hall–Kier alpha value is -2.33. The van der Waals surface area contributed by atoms with E-state index in [0.717, 1.165) is 5.56 Å². The maximum Gasteiger partial charge on any atom is 0.328 e. The second kappa shape index (κ2) is 8.34. The van der Waals surface area contributed by atoms with Crippen LogP contribution in [0.4, 0.5) is 0 Å². The maximum atomic E-state index is 12.3. The summed E-state index contributed by atoms with van der Waals surface area (Å²) < 4.78 is 5.06. The van der Waals surface area contributed by atoms with Crippen molar-refractivity contribution in [3.8, 4) is 0 Å². The van der Waals surface area contributed by atoms with Crippen molar-refractivity contribution in [1.82, 2.24) is 5.32 Å². The number of amides is 1. The van der Waals surface area contributed by atoms with Gasteiger partial charge in [0, 0.05) is 17.0 Å². The van der Waals surface area contributed by atoms with Crippen molar-refractivity contribution in [1.29, 1.82) is 0 Å². The zero-order valence-electron chi connectivity index (χ0n) is 12.8. The Morgan fingerprint density at radius 2 is 1.74 bits per heavy atom. The normalized spacial score (nSPS) is 11.6. The van der Waals surface area contributed by atoms with Gasteiger partial charge in [-0.25, -0.2) is 4.79 Å². The molecular weight excluding hydrogens is 314 g/mol. The minimum absolute atomic E-state index is 0.265. The molecule has 0 unspecified atom stereocenters. The van der Waals surface area contributed by atoms with E-state index in [2.05, 4.69) is 5.32 Å². The van der Waals surface area contributed by atoms with Crippen molar-refractivity contribution in [2.45, 2.75) is 19.4 Å². The Labute approximate surface area is 140 Å². The topological polar surface area (TPSA) is 55.4 Å². The smallest absolute Gasteiger partial charge is 0.328 e. The van der Waals surface area contributed by atoms with Gasteiger partial charge in [0.05, 0.1) is 6.61 Å². The minimum atomic E-state index is -0.736. The Morgan fingerprint density at radius 1 is 1.09 bits per heavy atom. The molecule has 1 atom stereocenters. The predicted molar refractivity (Wildman–Crippen MR) is 89.5 cm³/mol. The zero-order chi connectivity index (χ0) is 16.7. The fourth-order valence-electron chi connectivity index (χ4n) is 2.13. The summed E-state index contributed by atoms with van der Waals surface area (Å²) >= 11 is 5.82. The summed E-state index contributed by atoms with van der Waals surface area (Å²) in [4.78, 5) is 24.4. The van der Waals surface area contributed by atoms with Gasteiger partial charge in [0.15, 0.2) is 0 Å². The lowest BCUT2D eigenvalue weighted by Gasteiger charge is -2.17. The van der Waals surface area contributed by atoms with Crippen molar-refractivity contribution in [2.24, 2.45) is 0 Å². The number of esters is 1. The molecule has 0 fully saturated rings. The third-order valence-corrected chi connectivity index (χ3v) is 3.52. The number of hydrogen-bond acceptors (Lipinski definition) is 3. The van der Waals surface area contributed by atoms with Gasteiger partial charge in [0.25, 0.3) is 5.91 Å². The van der Waals surface area contributed by atoms with Crippen molar-refractivity contribution < 1.29 is 14.3 Å². The van der Waals surface area contributed by atoms with Gasteiger partial charge in [-0.05, 0) is 36.8 Å². The quantitative estimate of drug-likeness (QED) is 0.827. The third kappa shape index (κ3) is 5.11. The molecule has 0 bridgehead atoms. The van der Waals surface area contributed by atoms with Crippen LogP contribution in [-0.2, 0) is 16.0 Å². The third-order valence-electron chi connectivity index (χ3n) is 3.27. The fourth-order valence-corrected chi connectivity index (χ4v) is 2.25. The molecule has 1 amide bonds. The van der Waals surface area contributed by atoms with Crippen molar-refractivity contribution in [2.75, 3.05) is 6.61 Å². The average Bonchev–Trinajstić information content (AvgIpc) is 2.56. The molecule has 23 heavy (non-hydrogen) atoms. The van der Waals surface area contributed by atoms with Crippen LogP contribution in [0.3, 0.4) is 0 Å². The van der Waals surface area contributed by atoms with E-state index in [1.165, 1.54) is 0 Å². The Bertz CT molecular complexity index is 656. The number of halogens is 1. The van der Waals surface area contributed by atoms with Crippen molar-refractivity contribution in [3.05, 3.63) is 70.7 Å². The van der Waals surface area contributed by atoms with Crippen LogP contribution in [0, 0.1) is 0 Å². The van der Waals surface area contributed by atoms with Crippen molar-refractivity contribution >= 4 is 23.5 Å². The minimum Gasteiger partial charge on any atom is -0.464 e. The monoisotopic (exact) mass is 331 g/mol. The first-order valence-corrected chi connectivity index (χ1v) is 7.75. The maximum absolute atomic E-state index is 12.3. The Kier molecular flexibility index (Phi) is 6.18. The zero-order valence-corrected chi connectivity index (χ0v) is 13.5. The van der Waals surface area contributed by atoms with Gasteiger partial charge in [0.2, 0.25) is 0 Å². The van der Waals surface area contributed by atoms with Crippen LogP contribution in [-0.4, -0.2) is 24.5 Å². The summed E-state index contributed by atoms with van der Waals surface area (Å²) in [6.45, 7) is 2.00. The first kappa shape index (κ1) is 17.0.